The Kier molecular flexibility index (Phi) is 4.70. The van der Waals surface area contributed by atoms with Gasteiger partial charge in [-0.2, -0.15) is 0 Å². The molecule has 1 unspecified atom stereocenters. The Balaban J connectivity index is 2.35. The van der Waals surface area contributed by atoms with E-state index in [-0.39, 0.29) is 16.7 Å². The van der Waals surface area contributed by atoms with Gasteiger partial charge in [0.1, 0.15) is 6.33 Å². The SMILES string of the molecule is CCC(C)Nc1ncnc(N2CCCCC2)c1[N+](=O)[O-]. The first kappa shape index (κ1) is 14.5. The van der Waals surface area contributed by atoms with Crippen LogP contribution >= 0.6 is 0 Å². The lowest BCUT2D eigenvalue weighted by Gasteiger charge is -2.27. The lowest BCUT2D eigenvalue weighted by molar-refractivity contribution is -0.383. The van der Waals surface area contributed by atoms with Crippen LogP contribution in [0.25, 0.3) is 0 Å². The number of rotatable bonds is 5. The molecule has 1 saturated heterocycles. The third-order valence-corrected chi connectivity index (χ3v) is 3.64. The minimum absolute atomic E-state index is 0.00491. The van der Waals surface area contributed by atoms with Gasteiger partial charge in [-0.3, -0.25) is 10.1 Å². The molecule has 1 atom stereocenters. The highest BCUT2D eigenvalue weighted by molar-refractivity contribution is 5.70. The van der Waals surface area contributed by atoms with Gasteiger partial charge >= 0.3 is 5.69 Å². The monoisotopic (exact) mass is 279 g/mol. The topological polar surface area (TPSA) is 84.2 Å². The summed E-state index contributed by atoms with van der Waals surface area (Å²) in [6, 6.07) is 0.137. The maximum absolute atomic E-state index is 11.4. The molecule has 1 aliphatic rings. The summed E-state index contributed by atoms with van der Waals surface area (Å²) in [4.78, 5) is 21.2. The van der Waals surface area contributed by atoms with Gasteiger partial charge in [0.05, 0.1) is 4.92 Å². The number of hydrogen-bond donors (Lipinski definition) is 1. The van der Waals surface area contributed by atoms with Crippen LogP contribution in [0.2, 0.25) is 0 Å². The van der Waals surface area contributed by atoms with E-state index in [4.69, 9.17) is 0 Å². The van der Waals surface area contributed by atoms with Crippen molar-refractivity contribution in [3.63, 3.8) is 0 Å². The Morgan fingerprint density at radius 3 is 2.70 bits per heavy atom. The molecule has 1 aromatic rings. The number of hydrogen-bond acceptors (Lipinski definition) is 6. The van der Waals surface area contributed by atoms with Crippen LogP contribution in [0.4, 0.5) is 17.3 Å². The molecular weight excluding hydrogens is 258 g/mol. The van der Waals surface area contributed by atoms with Gasteiger partial charge in [0.15, 0.2) is 0 Å². The van der Waals surface area contributed by atoms with E-state index in [1.54, 1.807) is 0 Å². The zero-order valence-corrected chi connectivity index (χ0v) is 12.0. The molecule has 7 nitrogen and oxygen atoms in total. The van der Waals surface area contributed by atoms with Crippen molar-refractivity contribution in [2.75, 3.05) is 23.3 Å². The van der Waals surface area contributed by atoms with Gasteiger partial charge in [-0.25, -0.2) is 9.97 Å². The minimum atomic E-state index is -0.380. The van der Waals surface area contributed by atoms with Gasteiger partial charge in [-0.05, 0) is 32.6 Å². The van der Waals surface area contributed by atoms with E-state index in [9.17, 15) is 10.1 Å². The number of aromatic nitrogens is 2. The van der Waals surface area contributed by atoms with E-state index in [1.807, 2.05) is 18.7 Å². The molecule has 0 aromatic carbocycles. The fraction of sp³-hybridized carbons (Fsp3) is 0.692. The van der Waals surface area contributed by atoms with Crippen molar-refractivity contribution in [1.82, 2.24) is 9.97 Å². The molecule has 2 heterocycles. The van der Waals surface area contributed by atoms with Crippen LogP contribution in [0.15, 0.2) is 6.33 Å². The molecule has 0 spiro atoms. The van der Waals surface area contributed by atoms with Crippen LogP contribution < -0.4 is 10.2 Å². The molecule has 0 amide bonds. The molecular formula is C13H21N5O2. The second-order valence-electron chi connectivity index (χ2n) is 5.15. The molecule has 1 aliphatic heterocycles. The zero-order valence-electron chi connectivity index (χ0n) is 12.0. The number of nitrogens with zero attached hydrogens (tertiary/aromatic N) is 4. The van der Waals surface area contributed by atoms with Crippen LogP contribution in [-0.2, 0) is 0 Å². The highest BCUT2D eigenvalue weighted by atomic mass is 16.6. The molecule has 0 aliphatic carbocycles. The van der Waals surface area contributed by atoms with E-state index in [2.05, 4.69) is 15.3 Å². The van der Waals surface area contributed by atoms with Crippen molar-refractivity contribution in [3.8, 4) is 0 Å². The fourth-order valence-corrected chi connectivity index (χ4v) is 2.32. The van der Waals surface area contributed by atoms with Gasteiger partial charge in [-0.1, -0.05) is 6.92 Å². The lowest BCUT2D eigenvalue weighted by Crippen LogP contribution is -2.31. The van der Waals surface area contributed by atoms with Gasteiger partial charge < -0.3 is 10.2 Å². The van der Waals surface area contributed by atoms with Crippen molar-refractivity contribution in [3.05, 3.63) is 16.4 Å². The molecule has 1 N–H and O–H groups in total. The Hall–Kier alpha value is -1.92. The highest BCUT2D eigenvalue weighted by Crippen LogP contribution is 2.33. The molecule has 1 aromatic heterocycles. The van der Waals surface area contributed by atoms with Crippen molar-refractivity contribution in [2.45, 2.75) is 45.6 Å². The third-order valence-electron chi connectivity index (χ3n) is 3.64. The molecule has 0 bridgehead atoms. The van der Waals surface area contributed by atoms with Crippen molar-refractivity contribution in [1.29, 1.82) is 0 Å². The maximum Gasteiger partial charge on any atom is 0.353 e. The molecule has 2 rings (SSSR count). The van der Waals surface area contributed by atoms with Crippen LogP contribution in [0, 0.1) is 10.1 Å². The Labute approximate surface area is 118 Å². The van der Waals surface area contributed by atoms with Crippen LogP contribution in [0.3, 0.4) is 0 Å². The predicted molar refractivity (Wildman–Crippen MR) is 78.1 cm³/mol. The molecule has 110 valence electrons. The average molecular weight is 279 g/mol. The van der Waals surface area contributed by atoms with E-state index < -0.39 is 0 Å². The first-order chi connectivity index (χ1) is 9.63. The number of piperidine rings is 1. The zero-order chi connectivity index (χ0) is 14.5. The van der Waals surface area contributed by atoms with Crippen LogP contribution in [-0.4, -0.2) is 34.0 Å². The van der Waals surface area contributed by atoms with E-state index >= 15 is 0 Å². The van der Waals surface area contributed by atoms with E-state index in [1.165, 1.54) is 12.7 Å². The predicted octanol–water partition coefficient (Wildman–Crippen LogP) is 2.59. The summed E-state index contributed by atoms with van der Waals surface area (Å²) < 4.78 is 0. The standard InChI is InChI=1S/C13H21N5O2/c1-3-10(2)16-12-11(18(19)20)13(15-9-14-12)17-7-5-4-6-8-17/h9-10H,3-8H2,1-2H3,(H,14,15,16). The van der Waals surface area contributed by atoms with Crippen molar-refractivity contribution >= 4 is 17.3 Å². The second-order valence-corrected chi connectivity index (χ2v) is 5.15. The largest absolute Gasteiger partial charge is 0.362 e. The normalized spacial score (nSPS) is 16.8. The summed E-state index contributed by atoms with van der Waals surface area (Å²) in [5.74, 6) is 0.760. The summed E-state index contributed by atoms with van der Waals surface area (Å²) in [5, 5.41) is 14.5. The highest BCUT2D eigenvalue weighted by Gasteiger charge is 2.28. The molecule has 1 fully saturated rings. The van der Waals surface area contributed by atoms with E-state index in [0.29, 0.717) is 11.6 Å². The summed E-state index contributed by atoms with van der Waals surface area (Å²) in [6.07, 6.45) is 5.56. The van der Waals surface area contributed by atoms with Crippen molar-refractivity contribution < 1.29 is 4.92 Å². The molecule has 0 radical (unpaired) electrons. The fourth-order valence-electron chi connectivity index (χ4n) is 2.32. The van der Waals surface area contributed by atoms with Crippen LogP contribution in [0.1, 0.15) is 39.5 Å². The van der Waals surface area contributed by atoms with Gasteiger partial charge in [0.2, 0.25) is 11.6 Å². The summed E-state index contributed by atoms with van der Waals surface area (Å²) in [6.45, 7) is 5.64. The summed E-state index contributed by atoms with van der Waals surface area (Å²) in [7, 11) is 0. The maximum atomic E-state index is 11.4. The molecule has 7 heteroatoms. The quantitative estimate of drug-likeness (QED) is 0.658. The Morgan fingerprint density at radius 2 is 2.10 bits per heavy atom. The first-order valence-corrected chi connectivity index (χ1v) is 7.14. The minimum Gasteiger partial charge on any atom is -0.362 e. The second kappa shape index (κ2) is 6.49. The number of nitro groups is 1. The van der Waals surface area contributed by atoms with E-state index in [0.717, 1.165) is 32.4 Å². The molecule has 20 heavy (non-hydrogen) atoms. The van der Waals surface area contributed by atoms with Crippen molar-refractivity contribution in [2.24, 2.45) is 0 Å². The Bertz CT molecular complexity index is 474. The summed E-state index contributed by atoms with van der Waals surface area (Å²) >= 11 is 0. The Morgan fingerprint density at radius 1 is 1.40 bits per heavy atom. The van der Waals surface area contributed by atoms with Crippen LogP contribution in [0.5, 0.6) is 0 Å². The van der Waals surface area contributed by atoms with Gasteiger partial charge in [-0.15, -0.1) is 0 Å². The summed E-state index contributed by atoms with van der Waals surface area (Å²) in [5.41, 5.74) is -0.00491. The molecule has 0 saturated carbocycles. The van der Waals surface area contributed by atoms with Gasteiger partial charge in [0, 0.05) is 19.1 Å². The first-order valence-electron chi connectivity index (χ1n) is 7.14. The smallest absolute Gasteiger partial charge is 0.353 e. The lowest BCUT2D eigenvalue weighted by atomic mass is 10.1. The number of anilines is 2. The van der Waals surface area contributed by atoms with Gasteiger partial charge in [0.25, 0.3) is 0 Å². The third kappa shape index (κ3) is 3.15. The average Bonchev–Trinajstić information content (AvgIpc) is 2.47. The number of nitrogens with one attached hydrogen (secondary N) is 1.